The van der Waals surface area contributed by atoms with Gasteiger partial charge in [0, 0.05) is 81.3 Å². The van der Waals surface area contributed by atoms with Crippen molar-refractivity contribution in [2.45, 2.75) is 154 Å². The number of hydroxylamine groups is 2. The third-order valence-corrected chi connectivity index (χ3v) is 17.5. The molecule has 7 N–H and O–H groups in total. The third-order valence-electron chi connectivity index (χ3n) is 15.9. The van der Waals surface area contributed by atoms with Crippen LogP contribution in [0, 0.1) is 24.7 Å². The number of nitrogens with one attached hydrogen (secondary N) is 4. The minimum Gasteiger partial charge on any atom is -0.462 e. The van der Waals surface area contributed by atoms with Gasteiger partial charge in [0.15, 0.2) is 5.78 Å². The van der Waals surface area contributed by atoms with E-state index in [1.54, 1.807) is 51.2 Å². The van der Waals surface area contributed by atoms with E-state index < -0.39 is 101 Å². The number of aryl methyl sites for hydroxylation is 1. The molecule has 482 valence electrons. The fourth-order valence-corrected chi connectivity index (χ4v) is 11.8. The lowest BCUT2D eigenvalue weighted by Gasteiger charge is -2.41. The fraction of sp³-hybridized carbons (Fsp3) is 0.574. The van der Waals surface area contributed by atoms with Crippen molar-refractivity contribution >= 4 is 110 Å². The summed E-state index contributed by atoms with van der Waals surface area (Å²) in [5.74, 6) is -5.12. The molecule has 88 heavy (non-hydrogen) atoms. The first-order valence-corrected chi connectivity index (χ1v) is 30.8. The molecule has 0 saturated carbocycles. The third kappa shape index (κ3) is 19.8. The number of nitrogens with zero attached hydrogens (tertiary/aromatic N) is 2. The number of hydrogen-bond donors (Lipinski definition) is 6. The summed E-state index contributed by atoms with van der Waals surface area (Å²) in [5.41, 5.74) is 6.17. The van der Waals surface area contributed by atoms with Gasteiger partial charge in [0.25, 0.3) is 11.8 Å². The Bertz CT molecular complexity index is 2990. The number of allylic oxidation sites excluding steroid dienone is 3. The van der Waals surface area contributed by atoms with Crippen molar-refractivity contribution < 1.29 is 81.5 Å². The Hall–Kier alpha value is -6.39. The second kappa shape index (κ2) is 32.4. The van der Waals surface area contributed by atoms with Crippen molar-refractivity contribution in [1.29, 1.82) is 0 Å². The molecule has 6 rings (SSSR count). The van der Waals surface area contributed by atoms with Crippen LogP contribution in [0.5, 0.6) is 0 Å². The van der Waals surface area contributed by atoms with Crippen LogP contribution in [0.3, 0.4) is 0 Å². The molecule has 0 spiro atoms. The summed E-state index contributed by atoms with van der Waals surface area (Å²) < 4.78 is 35.5. The first-order valence-electron chi connectivity index (χ1n) is 29.3. The zero-order chi connectivity index (χ0) is 64.6. The van der Waals surface area contributed by atoms with Crippen LogP contribution in [0.2, 0.25) is 5.02 Å². The lowest BCUT2D eigenvalue weighted by Crippen LogP contribution is -2.53. The van der Waals surface area contributed by atoms with Crippen LogP contribution < -0.4 is 31.9 Å². The highest BCUT2D eigenvalue weighted by Crippen LogP contribution is 2.50. The predicted octanol–water partition coefficient (Wildman–Crippen LogP) is 6.34. The number of ether oxygens (including phenoxy) is 6. The van der Waals surface area contributed by atoms with E-state index in [2.05, 4.69) is 37.2 Å². The normalized spacial score (nSPS) is 24.7. The monoisotopic (exact) mass is 1330 g/mol. The number of primary amides is 1. The molecule has 0 aromatic heterocycles. The van der Waals surface area contributed by atoms with Crippen LogP contribution in [0.15, 0.2) is 58.6 Å². The van der Waals surface area contributed by atoms with Crippen LogP contribution in [-0.4, -0.2) is 164 Å². The van der Waals surface area contributed by atoms with Crippen LogP contribution in [0.25, 0.3) is 0 Å². The van der Waals surface area contributed by atoms with Gasteiger partial charge in [-0.2, -0.15) is 0 Å². The van der Waals surface area contributed by atoms with E-state index in [1.165, 1.54) is 12.0 Å². The van der Waals surface area contributed by atoms with Crippen molar-refractivity contribution in [3.63, 3.8) is 0 Å². The average molecular weight is 1330 g/mol. The molecule has 24 nitrogen and oxygen atoms in total. The highest BCUT2D eigenvalue weighted by molar-refractivity contribution is 9.10. The first kappa shape index (κ1) is 70.7. The lowest BCUT2D eigenvalue weighted by atomic mass is 9.78. The van der Waals surface area contributed by atoms with Crippen molar-refractivity contribution in [3.8, 4) is 0 Å². The largest absolute Gasteiger partial charge is 0.462 e. The molecule has 3 fully saturated rings. The number of thiocarbonyl (C=S) groups is 1. The van der Waals surface area contributed by atoms with Crippen LogP contribution in [0.4, 0.5) is 21.0 Å². The maximum Gasteiger partial charge on any atom is 0.412 e. The fourth-order valence-electron chi connectivity index (χ4n) is 10.8. The van der Waals surface area contributed by atoms with Crippen LogP contribution in [-0.2, 0) is 79.7 Å². The summed E-state index contributed by atoms with van der Waals surface area (Å²) in [7, 11) is 3.05. The van der Waals surface area contributed by atoms with Gasteiger partial charge in [-0.15, -0.1) is 5.06 Å². The average Bonchev–Trinajstić information content (AvgIpc) is 1.64. The van der Waals surface area contributed by atoms with Gasteiger partial charge in [-0.1, -0.05) is 96.5 Å². The zero-order valence-corrected chi connectivity index (χ0v) is 54.0. The minimum absolute atomic E-state index is 0.00199. The van der Waals surface area contributed by atoms with Gasteiger partial charge in [0.1, 0.15) is 29.5 Å². The molecule has 4 heterocycles. The van der Waals surface area contributed by atoms with E-state index in [0.717, 1.165) is 16.7 Å². The molecular weight excluding hydrogens is 1250 g/mol. The van der Waals surface area contributed by atoms with E-state index in [0.29, 0.717) is 50.2 Å². The highest BCUT2D eigenvalue weighted by atomic mass is 79.9. The number of imide groups is 1. The molecule has 2 aromatic rings. The Labute approximate surface area is 531 Å². The number of urea groups is 1. The summed E-state index contributed by atoms with van der Waals surface area (Å²) in [5, 5.41) is 24.1. The van der Waals surface area contributed by atoms with Gasteiger partial charge in [-0.05, 0) is 80.8 Å². The highest BCUT2D eigenvalue weighted by Gasteiger charge is 2.64. The standard InChI is InChI=1S/C61H81BrClN7O17S/c1-34(2)41(30-49(88)65-20-22-83-24-23-82-21-18-53(75)87-70-50(72)16-17-51(70)73)57(77)68-43(12-10-19-66-58(64)78)45(71)28-39-14-15-40(29-42(39)62)67-59(79)85-48-31-52(74)69(7)44-27-38(26-36(4)55(44)63)25-35(3)11-9-13-47(81-8)61(80)32-46(84-54(76)33-61)37(5)56-60(48,6)86-56/h9,11,13-15,26-27,29,34,37,41,43,46-48,56,80H,10,12,16-25,28,30-33H2,1-8H3,(H,65,88)(H,67,79)(H,68,77)(H3,64,66,78)/b13-9+,35-11+/t37-,41+,43+,46+,47-,48+,56+,60+,61-/m1/s1. The number of aliphatic hydroxyl groups is 1. The Morgan fingerprint density at radius 1 is 0.977 bits per heavy atom. The number of anilines is 2. The molecule has 4 aliphatic heterocycles. The number of benzene rings is 2. The number of halogens is 2. The number of rotatable bonds is 25. The summed E-state index contributed by atoms with van der Waals surface area (Å²) in [6.07, 6.45) is 0.933. The smallest absolute Gasteiger partial charge is 0.412 e. The number of Topliss-reactive ketones (excluding diaryl/α,β-unsaturated/α-hetero) is 1. The number of nitrogens with two attached hydrogens (primary N) is 1. The van der Waals surface area contributed by atoms with Crippen molar-refractivity contribution in [2.75, 3.05) is 63.9 Å². The van der Waals surface area contributed by atoms with E-state index >= 15 is 0 Å². The van der Waals surface area contributed by atoms with Crippen molar-refractivity contribution in [2.24, 2.45) is 23.5 Å². The molecule has 27 heteroatoms. The number of hydrogen-bond acceptors (Lipinski definition) is 18. The number of ketones is 1. The molecular formula is C61H81BrClN7O17S. The number of epoxide rings is 1. The Balaban J connectivity index is 1.08. The van der Waals surface area contributed by atoms with Crippen LogP contribution in [0.1, 0.15) is 109 Å². The number of fused-ring (bicyclic) bond motifs is 5. The number of carbonyl (C=O) groups is 9. The maximum atomic E-state index is 14.4. The predicted molar refractivity (Wildman–Crippen MR) is 331 cm³/mol. The van der Waals surface area contributed by atoms with Gasteiger partial charge in [0.05, 0.1) is 73.5 Å². The quantitative estimate of drug-likeness (QED) is 0.0208. The lowest BCUT2D eigenvalue weighted by molar-refractivity contribution is -0.198. The summed E-state index contributed by atoms with van der Waals surface area (Å²) in [6, 6.07) is 6.81. The van der Waals surface area contributed by atoms with Gasteiger partial charge < -0.3 is 64.9 Å². The number of esters is 1. The number of amides is 7. The second-order valence-corrected chi connectivity index (χ2v) is 24.8. The van der Waals surface area contributed by atoms with Gasteiger partial charge in [-0.3, -0.25) is 34.1 Å². The topological polar surface area (TPSA) is 322 Å². The second-order valence-electron chi connectivity index (χ2n) is 23.1. The van der Waals surface area contributed by atoms with E-state index in [-0.39, 0.29) is 108 Å². The summed E-state index contributed by atoms with van der Waals surface area (Å²) >= 11 is 16.0. The molecule has 4 bridgehead atoms. The van der Waals surface area contributed by atoms with E-state index in [9.17, 15) is 48.3 Å². The summed E-state index contributed by atoms with van der Waals surface area (Å²) in [6.45, 7) is 12.1. The molecule has 2 aromatic carbocycles. The minimum atomic E-state index is -1.63. The summed E-state index contributed by atoms with van der Waals surface area (Å²) in [4.78, 5) is 123. The maximum absolute atomic E-state index is 14.4. The SMILES string of the molecule is CO[C@@H]1/C=C/C=C(\C)Cc2cc(C)c(Cl)c(c2)N(C)C(=O)C[C@H](OC(=O)Nc2ccc(CC(=O)[C@H](CCCNC(N)=O)NC(=O)[C@@H](CC(=S)NCCOCCOCCC(=O)ON3C(=O)CCC3=O)C(C)C)c(Br)c2)[C@]2(C)O[C@H]2[C@H](C)[C@@H]2C[C@@]1(O)CC(=O)O2. The Morgan fingerprint density at radius 3 is 2.35 bits per heavy atom. The van der Waals surface area contributed by atoms with Gasteiger partial charge in [-0.25, -0.2) is 14.4 Å². The van der Waals surface area contributed by atoms with Crippen LogP contribution >= 0.6 is 39.7 Å². The number of carbonyl (C=O) groups excluding carboxylic acids is 9. The molecule has 0 unspecified atom stereocenters. The van der Waals surface area contributed by atoms with Crippen molar-refractivity contribution in [1.82, 2.24) is 21.0 Å². The molecule has 9 atom stereocenters. The molecule has 7 amide bonds. The first-order chi connectivity index (χ1) is 41.6. The Morgan fingerprint density at radius 2 is 1.68 bits per heavy atom. The van der Waals surface area contributed by atoms with Gasteiger partial charge in [0.2, 0.25) is 11.8 Å². The zero-order valence-electron chi connectivity index (χ0n) is 50.9. The number of methoxy groups -OCH3 is 1. The molecule has 0 radical (unpaired) electrons. The van der Waals surface area contributed by atoms with Gasteiger partial charge >= 0.3 is 24.1 Å². The molecule has 3 saturated heterocycles. The van der Waals surface area contributed by atoms with Crippen molar-refractivity contribution in [3.05, 3.63) is 80.3 Å². The van der Waals surface area contributed by atoms with E-state index in [4.69, 9.17) is 62.8 Å². The Kier molecular flexibility index (Phi) is 26.0. The van der Waals surface area contributed by atoms with E-state index in [1.807, 2.05) is 45.9 Å². The molecule has 0 aliphatic carbocycles. The molecule has 4 aliphatic rings.